The first kappa shape index (κ1) is 15.6. The number of ether oxygens (including phenoxy) is 1. The fraction of sp³-hybridized carbons (Fsp3) is 0.429. The van der Waals surface area contributed by atoms with Crippen LogP contribution in [0.15, 0.2) is 22.7 Å². The van der Waals surface area contributed by atoms with Gasteiger partial charge in [0.05, 0.1) is 6.61 Å². The molecule has 0 aliphatic heterocycles. The van der Waals surface area contributed by atoms with Crippen molar-refractivity contribution in [3.63, 3.8) is 0 Å². The summed E-state index contributed by atoms with van der Waals surface area (Å²) in [7, 11) is 1.71. The first-order chi connectivity index (χ1) is 9.70. The Hall–Kier alpha value is -0.820. The molecule has 2 aromatic rings. The summed E-state index contributed by atoms with van der Waals surface area (Å²) in [5, 5.41) is 13.9. The van der Waals surface area contributed by atoms with Crippen molar-refractivity contribution >= 4 is 27.3 Å². The van der Waals surface area contributed by atoms with Gasteiger partial charge in [0, 0.05) is 36.7 Å². The van der Waals surface area contributed by atoms with Gasteiger partial charge in [0.2, 0.25) is 0 Å². The van der Waals surface area contributed by atoms with Crippen LogP contribution in [-0.4, -0.2) is 37.0 Å². The number of nitrogens with one attached hydrogen (secondary N) is 1. The van der Waals surface area contributed by atoms with E-state index in [4.69, 9.17) is 4.74 Å². The summed E-state index contributed by atoms with van der Waals surface area (Å²) in [5.74, 6) is 0. The minimum atomic E-state index is 0.734. The van der Waals surface area contributed by atoms with Crippen LogP contribution in [0.25, 0.3) is 10.6 Å². The van der Waals surface area contributed by atoms with E-state index in [0.29, 0.717) is 0 Å². The highest BCUT2D eigenvalue weighted by molar-refractivity contribution is 9.10. The third-order valence-electron chi connectivity index (χ3n) is 2.82. The van der Waals surface area contributed by atoms with Gasteiger partial charge in [-0.2, -0.15) is 0 Å². The van der Waals surface area contributed by atoms with Crippen LogP contribution in [0.4, 0.5) is 0 Å². The second kappa shape index (κ2) is 7.83. The van der Waals surface area contributed by atoms with Crippen molar-refractivity contribution in [2.45, 2.75) is 13.3 Å². The van der Waals surface area contributed by atoms with Gasteiger partial charge in [-0.1, -0.05) is 39.4 Å². The van der Waals surface area contributed by atoms with E-state index in [0.717, 1.165) is 46.2 Å². The van der Waals surface area contributed by atoms with Gasteiger partial charge < -0.3 is 10.1 Å². The molecule has 20 heavy (non-hydrogen) atoms. The van der Waals surface area contributed by atoms with Crippen LogP contribution in [-0.2, 0) is 11.2 Å². The first-order valence-corrected chi connectivity index (χ1v) is 8.10. The molecule has 0 saturated carbocycles. The van der Waals surface area contributed by atoms with Crippen LogP contribution >= 0.6 is 27.3 Å². The van der Waals surface area contributed by atoms with Crippen LogP contribution in [0.2, 0.25) is 0 Å². The fourth-order valence-corrected chi connectivity index (χ4v) is 3.44. The van der Waals surface area contributed by atoms with Gasteiger partial charge in [0.15, 0.2) is 0 Å². The third kappa shape index (κ3) is 4.34. The van der Waals surface area contributed by atoms with Gasteiger partial charge >= 0.3 is 0 Å². The molecule has 2 rings (SSSR count). The zero-order valence-electron chi connectivity index (χ0n) is 11.6. The van der Waals surface area contributed by atoms with Gasteiger partial charge in [-0.25, -0.2) is 0 Å². The summed E-state index contributed by atoms with van der Waals surface area (Å²) in [6, 6.07) is 6.27. The van der Waals surface area contributed by atoms with Crippen LogP contribution < -0.4 is 5.32 Å². The lowest BCUT2D eigenvalue weighted by atomic mass is 10.2. The maximum atomic E-state index is 4.99. The predicted molar refractivity (Wildman–Crippen MR) is 86.2 cm³/mol. The maximum Gasteiger partial charge on any atom is 0.148 e. The van der Waals surface area contributed by atoms with Crippen LogP contribution in [0.1, 0.15) is 10.6 Å². The van der Waals surface area contributed by atoms with Gasteiger partial charge in [-0.15, -0.1) is 10.2 Å². The molecule has 0 saturated heterocycles. The number of rotatable bonds is 7. The Labute approximate surface area is 131 Å². The molecule has 1 N–H and O–H groups in total. The molecule has 4 nitrogen and oxygen atoms in total. The molecule has 0 amide bonds. The molecule has 0 atom stereocenters. The van der Waals surface area contributed by atoms with Gasteiger partial charge in [0.25, 0.3) is 0 Å². The van der Waals surface area contributed by atoms with Crippen LogP contribution in [0.5, 0.6) is 0 Å². The number of benzene rings is 1. The smallest absolute Gasteiger partial charge is 0.148 e. The minimum Gasteiger partial charge on any atom is -0.383 e. The molecule has 0 bridgehead atoms. The molecule has 1 aromatic carbocycles. The quantitative estimate of drug-likeness (QED) is 0.775. The lowest BCUT2D eigenvalue weighted by Gasteiger charge is -2.01. The Balaban J connectivity index is 1.95. The van der Waals surface area contributed by atoms with Gasteiger partial charge in [0.1, 0.15) is 10.0 Å². The molecular weight excluding hydrogens is 338 g/mol. The normalized spacial score (nSPS) is 10.9. The van der Waals surface area contributed by atoms with E-state index in [1.807, 2.05) is 0 Å². The SMILES string of the molecule is COCCNCCc1nnc(-c2ccc(C)cc2Br)s1. The standard InChI is InChI=1S/C14H18BrN3OS/c1-10-3-4-11(12(15)9-10)14-18-17-13(20-14)5-6-16-7-8-19-2/h3-4,9,16H,5-8H2,1-2H3. The number of methoxy groups -OCH3 is 1. The molecular formula is C14H18BrN3OS. The molecule has 6 heteroatoms. The number of hydrogen-bond donors (Lipinski definition) is 1. The topological polar surface area (TPSA) is 47.0 Å². The summed E-state index contributed by atoms with van der Waals surface area (Å²) in [5.41, 5.74) is 2.33. The third-order valence-corrected chi connectivity index (χ3v) is 4.49. The van der Waals surface area contributed by atoms with E-state index in [1.54, 1.807) is 18.4 Å². The fourth-order valence-electron chi connectivity index (χ4n) is 1.75. The van der Waals surface area contributed by atoms with E-state index in [1.165, 1.54) is 5.56 Å². The summed E-state index contributed by atoms with van der Waals surface area (Å²) in [6.07, 6.45) is 0.894. The van der Waals surface area contributed by atoms with Crippen LogP contribution in [0.3, 0.4) is 0 Å². The van der Waals surface area contributed by atoms with E-state index < -0.39 is 0 Å². The molecule has 0 aliphatic carbocycles. The van der Waals surface area contributed by atoms with Crippen molar-refractivity contribution in [2.24, 2.45) is 0 Å². The van der Waals surface area contributed by atoms with E-state index in [9.17, 15) is 0 Å². The Bertz CT molecular complexity index is 559. The van der Waals surface area contributed by atoms with Crippen molar-refractivity contribution in [1.29, 1.82) is 0 Å². The molecule has 0 unspecified atom stereocenters. The molecule has 108 valence electrons. The Morgan fingerprint density at radius 1 is 1.30 bits per heavy atom. The second-order valence-corrected chi connectivity index (χ2v) is 6.39. The molecule has 0 aliphatic rings. The van der Waals surface area contributed by atoms with Gasteiger partial charge in [-0.3, -0.25) is 0 Å². The van der Waals surface area contributed by atoms with Gasteiger partial charge in [-0.05, 0) is 18.6 Å². The average Bonchev–Trinajstić information content (AvgIpc) is 2.87. The average molecular weight is 356 g/mol. The lowest BCUT2D eigenvalue weighted by molar-refractivity contribution is 0.199. The maximum absolute atomic E-state index is 4.99. The monoisotopic (exact) mass is 355 g/mol. The molecule has 1 aromatic heterocycles. The number of nitrogens with zero attached hydrogens (tertiary/aromatic N) is 2. The Morgan fingerprint density at radius 2 is 2.15 bits per heavy atom. The van der Waals surface area contributed by atoms with Crippen molar-refractivity contribution in [3.8, 4) is 10.6 Å². The molecule has 0 spiro atoms. The zero-order chi connectivity index (χ0) is 14.4. The predicted octanol–water partition coefficient (Wildman–Crippen LogP) is 3.05. The molecule has 1 heterocycles. The second-order valence-electron chi connectivity index (χ2n) is 4.48. The van der Waals surface area contributed by atoms with E-state index in [-0.39, 0.29) is 0 Å². The number of hydrogen-bond acceptors (Lipinski definition) is 5. The van der Waals surface area contributed by atoms with Crippen molar-refractivity contribution < 1.29 is 4.74 Å². The van der Waals surface area contributed by atoms with Crippen molar-refractivity contribution in [3.05, 3.63) is 33.2 Å². The highest BCUT2D eigenvalue weighted by Crippen LogP contribution is 2.31. The van der Waals surface area contributed by atoms with Crippen molar-refractivity contribution in [1.82, 2.24) is 15.5 Å². The Morgan fingerprint density at radius 3 is 2.90 bits per heavy atom. The Kier molecular flexibility index (Phi) is 6.09. The summed E-state index contributed by atoms with van der Waals surface area (Å²) >= 11 is 5.23. The summed E-state index contributed by atoms with van der Waals surface area (Å²) in [4.78, 5) is 0. The summed E-state index contributed by atoms with van der Waals surface area (Å²) < 4.78 is 6.05. The lowest BCUT2D eigenvalue weighted by Crippen LogP contribution is -2.21. The van der Waals surface area contributed by atoms with Crippen molar-refractivity contribution in [2.75, 3.05) is 26.8 Å². The first-order valence-electron chi connectivity index (χ1n) is 6.49. The van der Waals surface area contributed by atoms with E-state index in [2.05, 4.69) is 56.6 Å². The largest absolute Gasteiger partial charge is 0.383 e. The minimum absolute atomic E-state index is 0.734. The van der Waals surface area contributed by atoms with Crippen LogP contribution in [0, 0.1) is 6.92 Å². The van der Waals surface area contributed by atoms with E-state index >= 15 is 0 Å². The summed E-state index contributed by atoms with van der Waals surface area (Å²) in [6.45, 7) is 4.57. The molecule has 0 radical (unpaired) electrons. The zero-order valence-corrected chi connectivity index (χ0v) is 14.1. The number of halogens is 1. The number of aryl methyl sites for hydroxylation is 1. The number of aromatic nitrogens is 2. The molecule has 0 fully saturated rings. The highest BCUT2D eigenvalue weighted by Gasteiger charge is 2.09. The highest BCUT2D eigenvalue weighted by atomic mass is 79.9.